The van der Waals surface area contributed by atoms with Crippen LogP contribution in [0.4, 0.5) is 10.5 Å². The van der Waals surface area contributed by atoms with E-state index in [0.717, 1.165) is 25.9 Å². The summed E-state index contributed by atoms with van der Waals surface area (Å²) in [7, 11) is 1.42. The Labute approximate surface area is 198 Å². The smallest absolute Gasteiger partial charge is 0.409 e. The average Bonchev–Trinajstić information content (AvgIpc) is 3.31. The van der Waals surface area contributed by atoms with Gasteiger partial charge in [0.05, 0.1) is 17.8 Å². The number of carbonyl (C=O) groups excluding carboxylic acids is 1. The number of aromatic nitrogens is 2. The van der Waals surface area contributed by atoms with E-state index in [4.69, 9.17) is 34.0 Å². The zero-order valence-corrected chi connectivity index (χ0v) is 20.5. The number of halogens is 2. The molecular weight excluding hydrogens is 455 g/mol. The van der Waals surface area contributed by atoms with Crippen LogP contribution in [0.25, 0.3) is 11.4 Å². The van der Waals surface area contributed by atoms with Crippen LogP contribution in [0.15, 0.2) is 23.0 Å². The summed E-state index contributed by atoms with van der Waals surface area (Å²) in [5.41, 5.74) is 7.05. The minimum absolute atomic E-state index is 0.187. The number of methoxy groups -OCH3 is 1. The predicted octanol–water partition coefficient (Wildman–Crippen LogP) is 4.23. The zero-order valence-electron chi connectivity index (χ0n) is 19.0. The van der Waals surface area contributed by atoms with E-state index in [9.17, 15) is 9.59 Å². The molecule has 3 N–H and O–H groups in total. The molecule has 32 heavy (non-hydrogen) atoms. The minimum Gasteiger partial charge on any atom is -0.453 e. The molecule has 0 radical (unpaired) electrons. The maximum atomic E-state index is 12.3. The first kappa shape index (κ1) is 27.7. The SMILES string of the molecule is CCO.CCc1nc(-c2ccc(Cl)cc2Cl)n(CC)c(=O)c1N.COC(=O)N1CCCC1. The van der Waals surface area contributed by atoms with Gasteiger partial charge in [-0.2, -0.15) is 0 Å². The van der Waals surface area contributed by atoms with Crippen molar-refractivity contribution in [3.63, 3.8) is 0 Å². The molecule has 1 aliphatic heterocycles. The number of aliphatic hydroxyl groups excluding tert-OH is 1. The molecule has 2 heterocycles. The number of aryl methyl sites for hydroxylation is 1. The minimum atomic E-state index is -0.236. The number of rotatable bonds is 3. The van der Waals surface area contributed by atoms with Gasteiger partial charge in [-0.1, -0.05) is 30.1 Å². The second kappa shape index (κ2) is 14.0. The number of likely N-dealkylation sites (tertiary alicyclic amines) is 1. The number of carbonyl (C=O) groups is 1. The van der Waals surface area contributed by atoms with Crippen LogP contribution in [-0.4, -0.2) is 52.5 Å². The number of benzene rings is 1. The number of nitrogens with zero attached hydrogens (tertiary/aromatic N) is 3. The molecule has 1 fully saturated rings. The van der Waals surface area contributed by atoms with Crippen LogP contribution >= 0.6 is 23.2 Å². The first-order chi connectivity index (χ1) is 15.2. The van der Waals surface area contributed by atoms with Crippen molar-refractivity contribution in [3.05, 3.63) is 44.3 Å². The zero-order chi connectivity index (χ0) is 24.3. The van der Waals surface area contributed by atoms with Crippen LogP contribution in [0, 0.1) is 0 Å². The summed E-state index contributed by atoms with van der Waals surface area (Å²) in [4.78, 5) is 29.2. The maximum absolute atomic E-state index is 12.3. The molecular formula is C22H32Cl2N4O4. The highest BCUT2D eigenvalue weighted by molar-refractivity contribution is 6.36. The summed E-state index contributed by atoms with van der Waals surface area (Å²) >= 11 is 12.1. The van der Waals surface area contributed by atoms with E-state index in [-0.39, 0.29) is 23.9 Å². The van der Waals surface area contributed by atoms with E-state index < -0.39 is 0 Å². The van der Waals surface area contributed by atoms with E-state index in [1.165, 1.54) is 11.7 Å². The molecule has 1 saturated heterocycles. The Bertz CT molecular complexity index is 944. The third kappa shape index (κ3) is 7.39. The van der Waals surface area contributed by atoms with Crippen LogP contribution in [0.2, 0.25) is 10.0 Å². The van der Waals surface area contributed by atoms with Gasteiger partial charge in [-0.05, 0) is 51.3 Å². The van der Waals surface area contributed by atoms with Crippen LogP contribution in [0.3, 0.4) is 0 Å². The Morgan fingerprint density at radius 1 is 1.22 bits per heavy atom. The van der Waals surface area contributed by atoms with Crippen molar-refractivity contribution < 1.29 is 14.6 Å². The van der Waals surface area contributed by atoms with Crippen molar-refractivity contribution in [2.45, 2.75) is 46.6 Å². The molecule has 10 heteroatoms. The van der Waals surface area contributed by atoms with Gasteiger partial charge in [0.15, 0.2) is 0 Å². The van der Waals surface area contributed by atoms with Gasteiger partial charge in [0.25, 0.3) is 5.56 Å². The Kier molecular flexibility index (Phi) is 12.1. The largest absolute Gasteiger partial charge is 0.453 e. The van der Waals surface area contributed by atoms with Crippen molar-refractivity contribution >= 4 is 35.0 Å². The molecule has 0 bridgehead atoms. The van der Waals surface area contributed by atoms with Gasteiger partial charge in [0, 0.05) is 36.8 Å². The lowest BCUT2D eigenvalue weighted by Gasteiger charge is -2.14. The number of hydrogen-bond donors (Lipinski definition) is 2. The van der Waals surface area contributed by atoms with E-state index in [2.05, 4.69) is 9.72 Å². The molecule has 0 atom stereocenters. The van der Waals surface area contributed by atoms with Gasteiger partial charge in [-0.3, -0.25) is 9.36 Å². The molecule has 0 aliphatic carbocycles. The van der Waals surface area contributed by atoms with Gasteiger partial charge < -0.3 is 20.5 Å². The molecule has 1 aromatic carbocycles. The van der Waals surface area contributed by atoms with E-state index in [1.54, 1.807) is 30.0 Å². The van der Waals surface area contributed by atoms with Crippen LogP contribution in [-0.2, 0) is 17.7 Å². The number of hydrogen-bond acceptors (Lipinski definition) is 6. The molecule has 1 amide bonds. The fraction of sp³-hybridized carbons (Fsp3) is 0.500. The van der Waals surface area contributed by atoms with Gasteiger partial charge in [-0.15, -0.1) is 0 Å². The summed E-state index contributed by atoms with van der Waals surface area (Å²) in [5.74, 6) is 0.519. The van der Waals surface area contributed by atoms with Gasteiger partial charge in [-0.25, -0.2) is 9.78 Å². The second-order valence-corrected chi connectivity index (χ2v) is 7.65. The van der Waals surface area contributed by atoms with Crippen molar-refractivity contribution in [1.29, 1.82) is 0 Å². The monoisotopic (exact) mass is 486 g/mol. The van der Waals surface area contributed by atoms with Crippen molar-refractivity contribution in [2.24, 2.45) is 0 Å². The number of ether oxygens (including phenoxy) is 1. The highest BCUT2D eigenvalue weighted by atomic mass is 35.5. The molecule has 1 aromatic heterocycles. The standard InChI is InChI=1S/C14H15Cl2N3O.C6H11NO2.C2H6O/c1-3-11-12(17)14(20)19(4-2)13(18-11)9-6-5-8(15)7-10(9)16;1-9-6(8)7-4-2-3-5-7;1-2-3/h5-7H,3-4,17H2,1-2H3;2-5H2,1H3;3H,2H2,1H3. The maximum Gasteiger partial charge on any atom is 0.409 e. The fourth-order valence-corrected chi connectivity index (χ4v) is 3.57. The van der Waals surface area contributed by atoms with Gasteiger partial charge in [0.1, 0.15) is 11.5 Å². The summed E-state index contributed by atoms with van der Waals surface area (Å²) in [6.45, 7) is 7.90. The lowest BCUT2D eigenvalue weighted by atomic mass is 10.2. The highest BCUT2D eigenvalue weighted by Gasteiger charge is 2.17. The van der Waals surface area contributed by atoms with Crippen LogP contribution in [0.5, 0.6) is 0 Å². The summed E-state index contributed by atoms with van der Waals surface area (Å²) in [6.07, 6.45) is 2.64. The Morgan fingerprint density at radius 3 is 2.28 bits per heavy atom. The highest BCUT2D eigenvalue weighted by Crippen LogP contribution is 2.29. The van der Waals surface area contributed by atoms with Crippen molar-refractivity contribution in [3.8, 4) is 11.4 Å². The quantitative estimate of drug-likeness (QED) is 0.671. The Morgan fingerprint density at radius 2 is 1.81 bits per heavy atom. The molecule has 3 rings (SSSR count). The molecule has 1 aliphatic rings. The Balaban J connectivity index is 0.000000354. The third-order valence-corrected chi connectivity index (χ3v) is 5.19. The molecule has 2 aromatic rings. The van der Waals surface area contributed by atoms with E-state index >= 15 is 0 Å². The van der Waals surface area contributed by atoms with Crippen LogP contribution < -0.4 is 11.3 Å². The molecule has 0 unspecified atom stereocenters. The molecule has 0 spiro atoms. The fourth-order valence-electron chi connectivity index (χ4n) is 3.08. The average molecular weight is 487 g/mol. The van der Waals surface area contributed by atoms with Gasteiger partial charge >= 0.3 is 6.09 Å². The van der Waals surface area contributed by atoms with Gasteiger partial charge in [0.2, 0.25) is 0 Å². The number of nitrogen functional groups attached to an aromatic ring is 1. The first-order valence-electron chi connectivity index (χ1n) is 10.5. The first-order valence-corrected chi connectivity index (χ1v) is 11.3. The number of anilines is 1. The lowest BCUT2D eigenvalue weighted by Crippen LogP contribution is -2.27. The number of nitrogens with two attached hydrogens (primary N) is 1. The normalized spacial score (nSPS) is 12.4. The van der Waals surface area contributed by atoms with Crippen molar-refractivity contribution in [1.82, 2.24) is 14.5 Å². The Hall–Kier alpha value is -2.29. The van der Waals surface area contributed by atoms with Crippen LogP contribution in [0.1, 0.15) is 39.3 Å². The second-order valence-electron chi connectivity index (χ2n) is 6.80. The lowest BCUT2D eigenvalue weighted by molar-refractivity contribution is 0.133. The van der Waals surface area contributed by atoms with Crippen molar-refractivity contribution in [2.75, 3.05) is 32.5 Å². The summed E-state index contributed by atoms with van der Waals surface area (Å²) in [6, 6.07) is 5.11. The van der Waals surface area contributed by atoms with E-state index in [1.807, 2.05) is 13.8 Å². The molecule has 8 nitrogen and oxygen atoms in total. The van der Waals surface area contributed by atoms with E-state index in [0.29, 0.717) is 40.1 Å². The third-order valence-electron chi connectivity index (χ3n) is 4.65. The topological polar surface area (TPSA) is 111 Å². The summed E-state index contributed by atoms with van der Waals surface area (Å²) < 4.78 is 6.04. The molecule has 0 saturated carbocycles. The molecule has 178 valence electrons. The number of amides is 1. The predicted molar refractivity (Wildman–Crippen MR) is 129 cm³/mol. The number of aliphatic hydroxyl groups is 1. The summed E-state index contributed by atoms with van der Waals surface area (Å²) in [5, 5.41) is 8.56.